The summed E-state index contributed by atoms with van der Waals surface area (Å²) in [5, 5.41) is 0. The predicted molar refractivity (Wildman–Crippen MR) is 68.5 cm³/mol. The van der Waals surface area contributed by atoms with Gasteiger partial charge < -0.3 is 4.74 Å². The molecule has 0 saturated heterocycles. The monoisotopic (exact) mass is 301 g/mol. The third-order valence-corrected chi connectivity index (χ3v) is 2.64. The van der Waals surface area contributed by atoms with Crippen LogP contribution in [0, 0.1) is 5.82 Å². The van der Waals surface area contributed by atoms with E-state index < -0.39 is 5.82 Å². The molecule has 0 heterocycles. The molecule has 0 atom stereocenters. The van der Waals surface area contributed by atoms with Gasteiger partial charge in [0, 0.05) is 16.5 Å². The number of hydrogen-bond donors (Lipinski definition) is 0. The Kier molecular flexibility index (Phi) is 4.81. The second-order valence-corrected chi connectivity index (χ2v) is 4.32. The Bertz CT molecular complexity index is 466. The number of hydrogen-bond acceptors (Lipinski definition) is 3. The molecular weight excluding hydrogens is 289 g/mol. The second kappa shape index (κ2) is 5.91. The maximum atomic E-state index is 13.8. The molecule has 0 fully saturated rings. The van der Waals surface area contributed by atoms with Gasteiger partial charge >= 0.3 is 0 Å². The first-order chi connectivity index (χ1) is 7.99. The molecule has 3 nitrogen and oxygen atoms in total. The normalized spacial score (nSPS) is 11.5. The Balaban J connectivity index is 3.40. The van der Waals surface area contributed by atoms with Crippen LogP contribution in [0.4, 0.5) is 10.1 Å². The molecule has 0 saturated carbocycles. The van der Waals surface area contributed by atoms with Crippen LogP contribution in [0.5, 0.6) is 0 Å². The van der Waals surface area contributed by atoms with E-state index in [1.54, 1.807) is 6.07 Å². The summed E-state index contributed by atoms with van der Waals surface area (Å²) in [7, 11) is 1.46. The van der Waals surface area contributed by atoms with Gasteiger partial charge in [-0.25, -0.2) is 9.38 Å². The number of ketones is 1. The third kappa shape index (κ3) is 3.36. The van der Waals surface area contributed by atoms with E-state index in [1.807, 2.05) is 6.92 Å². The van der Waals surface area contributed by atoms with Crippen molar-refractivity contribution in [2.75, 3.05) is 7.11 Å². The second-order valence-electron chi connectivity index (χ2n) is 3.40. The number of aliphatic imine (C=N–C) groups is 1. The van der Waals surface area contributed by atoms with Gasteiger partial charge in [-0.3, -0.25) is 4.79 Å². The Morgan fingerprint density at radius 3 is 2.65 bits per heavy atom. The lowest BCUT2D eigenvalue weighted by Crippen LogP contribution is -2.01. The highest BCUT2D eigenvalue weighted by atomic mass is 79.9. The molecule has 17 heavy (non-hydrogen) atoms. The fourth-order valence-electron chi connectivity index (χ4n) is 1.34. The van der Waals surface area contributed by atoms with E-state index in [-0.39, 0.29) is 17.0 Å². The van der Waals surface area contributed by atoms with Crippen molar-refractivity contribution in [1.29, 1.82) is 0 Å². The zero-order chi connectivity index (χ0) is 13.0. The van der Waals surface area contributed by atoms with Gasteiger partial charge in [0.1, 0.15) is 5.69 Å². The number of methoxy groups -OCH3 is 1. The maximum Gasteiger partial charge on any atom is 0.187 e. The Hall–Kier alpha value is -1.23. The van der Waals surface area contributed by atoms with Gasteiger partial charge in [-0.1, -0.05) is 22.9 Å². The molecule has 0 aliphatic rings. The fraction of sp³-hybridized carbons (Fsp3) is 0.333. The van der Waals surface area contributed by atoms with Gasteiger partial charge in [0.25, 0.3) is 0 Å². The van der Waals surface area contributed by atoms with Crippen LogP contribution in [0.15, 0.2) is 21.6 Å². The van der Waals surface area contributed by atoms with Crippen molar-refractivity contribution in [3.05, 3.63) is 28.0 Å². The minimum atomic E-state index is -0.549. The van der Waals surface area contributed by atoms with Crippen LogP contribution in [0.25, 0.3) is 0 Å². The van der Waals surface area contributed by atoms with Crippen LogP contribution in [-0.4, -0.2) is 18.8 Å². The maximum absolute atomic E-state index is 13.8. The van der Waals surface area contributed by atoms with Crippen LogP contribution < -0.4 is 0 Å². The van der Waals surface area contributed by atoms with Gasteiger partial charge in [-0.05, 0) is 19.1 Å². The fourth-order valence-corrected chi connectivity index (χ4v) is 1.77. The molecule has 1 aromatic rings. The predicted octanol–water partition coefficient (Wildman–Crippen LogP) is 3.88. The van der Waals surface area contributed by atoms with E-state index in [0.717, 1.165) is 0 Å². The average Bonchev–Trinajstić information content (AvgIpc) is 2.27. The van der Waals surface area contributed by atoms with Crippen molar-refractivity contribution in [3.8, 4) is 0 Å². The number of carbonyl (C=O) groups excluding carboxylic acids is 1. The summed E-state index contributed by atoms with van der Waals surface area (Å²) < 4.78 is 19.3. The zero-order valence-electron chi connectivity index (χ0n) is 9.88. The minimum Gasteiger partial charge on any atom is -0.484 e. The number of halogens is 2. The van der Waals surface area contributed by atoms with Crippen molar-refractivity contribution in [2.24, 2.45) is 4.99 Å². The summed E-state index contributed by atoms with van der Waals surface area (Å²) in [5.41, 5.74) is 0.263. The third-order valence-electron chi connectivity index (χ3n) is 2.18. The van der Waals surface area contributed by atoms with Crippen LogP contribution in [0.1, 0.15) is 30.6 Å². The molecule has 0 aromatic heterocycles. The first-order valence-corrected chi connectivity index (χ1v) is 5.90. The number of nitrogens with zero attached hydrogens (tertiary/aromatic N) is 1. The van der Waals surface area contributed by atoms with Crippen molar-refractivity contribution < 1.29 is 13.9 Å². The first kappa shape index (κ1) is 13.8. The van der Waals surface area contributed by atoms with Crippen LogP contribution in [0.2, 0.25) is 0 Å². The standard InChI is InChI=1S/C12H13BrFNO2/c1-4-11(17-3)15-12-9(7(2)16)5-8(13)6-10(12)14/h5-6H,4H2,1-3H3/b15-11+. The van der Waals surface area contributed by atoms with E-state index in [4.69, 9.17) is 4.74 Å². The summed E-state index contributed by atoms with van der Waals surface area (Å²) in [5.74, 6) is -0.406. The molecule has 1 aromatic carbocycles. The molecule has 0 unspecified atom stereocenters. The van der Waals surface area contributed by atoms with Crippen LogP contribution in [0.3, 0.4) is 0 Å². The summed E-state index contributed by atoms with van der Waals surface area (Å²) in [6.07, 6.45) is 0.531. The zero-order valence-corrected chi connectivity index (χ0v) is 11.5. The van der Waals surface area contributed by atoms with Crippen molar-refractivity contribution in [2.45, 2.75) is 20.3 Å². The lowest BCUT2D eigenvalue weighted by Gasteiger charge is -2.07. The largest absolute Gasteiger partial charge is 0.484 e. The number of carbonyl (C=O) groups is 1. The van der Waals surface area contributed by atoms with E-state index in [2.05, 4.69) is 20.9 Å². The molecule has 0 aliphatic carbocycles. The number of rotatable bonds is 3. The van der Waals surface area contributed by atoms with Crippen molar-refractivity contribution in [1.82, 2.24) is 0 Å². The molecule has 0 amide bonds. The lowest BCUT2D eigenvalue weighted by atomic mass is 10.1. The highest BCUT2D eigenvalue weighted by Crippen LogP contribution is 2.28. The molecular formula is C12H13BrFNO2. The van der Waals surface area contributed by atoms with Crippen molar-refractivity contribution in [3.63, 3.8) is 0 Å². The summed E-state index contributed by atoms with van der Waals surface area (Å²) >= 11 is 3.14. The van der Waals surface area contributed by atoms with Gasteiger partial charge in [0.15, 0.2) is 17.5 Å². The molecule has 1 rings (SSSR count). The summed E-state index contributed by atoms with van der Waals surface area (Å²) in [6, 6.07) is 2.82. The van der Waals surface area contributed by atoms with Gasteiger partial charge in [0.2, 0.25) is 0 Å². The van der Waals surface area contributed by atoms with Crippen LogP contribution >= 0.6 is 15.9 Å². The highest BCUT2D eigenvalue weighted by Gasteiger charge is 2.14. The molecule has 0 aliphatic heterocycles. The van der Waals surface area contributed by atoms with Crippen molar-refractivity contribution >= 4 is 33.3 Å². The molecule has 5 heteroatoms. The van der Waals surface area contributed by atoms with Gasteiger partial charge in [-0.15, -0.1) is 0 Å². The van der Waals surface area contributed by atoms with E-state index in [9.17, 15) is 9.18 Å². The molecule has 0 N–H and O–H groups in total. The minimum absolute atomic E-state index is 0.0272. The van der Waals surface area contributed by atoms with Crippen LogP contribution in [-0.2, 0) is 4.74 Å². The number of benzene rings is 1. The highest BCUT2D eigenvalue weighted by molar-refractivity contribution is 9.10. The first-order valence-electron chi connectivity index (χ1n) is 5.11. The van der Waals surface area contributed by atoms with Gasteiger partial charge in [-0.2, -0.15) is 0 Å². The van der Waals surface area contributed by atoms with E-state index in [0.29, 0.717) is 16.8 Å². The Morgan fingerprint density at radius 2 is 2.18 bits per heavy atom. The molecule has 0 spiro atoms. The topological polar surface area (TPSA) is 38.7 Å². The Morgan fingerprint density at radius 1 is 1.53 bits per heavy atom. The average molecular weight is 302 g/mol. The number of Topliss-reactive ketones (excluding diaryl/α,β-unsaturated/α-hetero) is 1. The summed E-state index contributed by atoms with van der Waals surface area (Å²) in [4.78, 5) is 15.5. The van der Waals surface area contributed by atoms with Gasteiger partial charge in [0.05, 0.1) is 7.11 Å². The molecule has 0 bridgehead atoms. The SMILES string of the molecule is CC/C(=N\c1c(F)cc(Br)cc1C(C)=O)OC. The lowest BCUT2D eigenvalue weighted by molar-refractivity contribution is 0.101. The molecule has 0 radical (unpaired) electrons. The van der Waals surface area contributed by atoms with E-state index >= 15 is 0 Å². The molecule has 92 valence electrons. The summed E-state index contributed by atoms with van der Waals surface area (Å²) in [6.45, 7) is 3.21. The Labute approximate surface area is 108 Å². The number of ether oxygens (including phenoxy) is 1. The quantitative estimate of drug-likeness (QED) is 0.483. The smallest absolute Gasteiger partial charge is 0.187 e. The van der Waals surface area contributed by atoms with E-state index in [1.165, 1.54) is 20.1 Å².